The summed E-state index contributed by atoms with van der Waals surface area (Å²) in [6.07, 6.45) is 1.59. The van der Waals surface area contributed by atoms with E-state index in [4.69, 9.17) is 10.2 Å². The summed E-state index contributed by atoms with van der Waals surface area (Å²) in [5, 5.41) is 0. The molecule has 0 saturated carbocycles. The van der Waals surface area contributed by atoms with Gasteiger partial charge in [-0.25, -0.2) is 0 Å². The van der Waals surface area contributed by atoms with Crippen LogP contribution in [0.4, 0.5) is 5.88 Å². The van der Waals surface area contributed by atoms with Gasteiger partial charge < -0.3 is 10.2 Å². The van der Waals surface area contributed by atoms with Crippen LogP contribution in [0.15, 0.2) is 45.5 Å². The van der Waals surface area contributed by atoms with Crippen molar-refractivity contribution in [3.63, 3.8) is 0 Å². The Hall–Kier alpha value is -1.22. The molecule has 0 aliphatic heterocycles. The number of hydrogen-bond acceptors (Lipinski definition) is 2. The van der Waals surface area contributed by atoms with Crippen LogP contribution in [0.2, 0.25) is 0 Å². The van der Waals surface area contributed by atoms with Crippen LogP contribution in [0.3, 0.4) is 0 Å². The molecule has 0 bridgehead atoms. The standard InChI is InChI=1S/C10H8BrNO/c11-8-3-1-2-7(6-8)9-4-5-13-10(9)12/h1-6H,12H2. The van der Waals surface area contributed by atoms with Gasteiger partial charge in [-0.05, 0) is 23.8 Å². The molecule has 0 fully saturated rings. The zero-order valence-electron chi connectivity index (χ0n) is 6.83. The fourth-order valence-corrected chi connectivity index (χ4v) is 1.61. The van der Waals surface area contributed by atoms with Crippen molar-refractivity contribution in [1.82, 2.24) is 0 Å². The van der Waals surface area contributed by atoms with E-state index in [1.165, 1.54) is 0 Å². The number of nitrogen functional groups attached to an aromatic ring is 1. The molecular weight excluding hydrogens is 230 g/mol. The van der Waals surface area contributed by atoms with Gasteiger partial charge in [0.25, 0.3) is 0 Å². The molecule has 0 atom stereocenters. The van der Waals surface area contributed by atoms with E-state index in [2.05, 4.69) is 15.9 Å². The second-order valence-electron chi connectivity index (χ2n) is 2.71. The minimum Gasteiger partial charge on any atom is -0.449 e. The lowest BCUT2D eigenvalue weighted by atomic mass is 10.1. The van der Waals surface area contributed by atoms with E-state index >= 15 is 0 Å². The molecule has 2 N–H and O–H groups in total. The molecule has 13 heavy (non-hydrogen) atoms. The van der Waals surface area contributed by atoms with Crippen molar-refractivity contribution in [2.75, 3.05) is 5.73 Å². The highest BCUT2D eigenvalue weighted by atomic mass is 79.9. The molecule has 2 aromatic rings. The summed E-state index contributed by atoms with van der Waals surface area (Å²) in [5.74, 6) is 0.457. The topological polar surface area (TPSA) is 39.2 Å². The Morgan fingerprint density at radius 1 is 1.23 bits per heavy atom. The van der Waals surface area contributed by atoms with Crippen molar-refractivity contribution in [1.29, 1.82) is 0 Å². The zero-order chi connectivity index (χ0) is 9.26. The molecule has 66 valence electrons. The Labute approximate surface area is 84.5 Å². The van der Waals surface area contributed by atoms with Crippen LogP contribution in [0.5, 0.6) is 0 Å². The molecule has 1 aromatic carbocycles. The summed E-state index contributed by atoms with van der Waals surface area (Å²) in [5.41, 5.74) is 7.63. The third-order valence-corrected chi connectivity index (χ3v) is 2.32. The van der Waals surface area contributed by atoms with Gasteiger partial charge in [-0.15, -0.1) is 0 Å². The van der Waals surface area contributed by atoms with Crippen molar-refractivity contribution < 1.29 is 4.42 Å². The summed E-state index contributed by atoms with van der Waals surface area (Å²) in [6, 6.07) is 9.79. The second kappa shape index (κ2) is 3.26. The molecular formula is C10H8BrNO. The monoisotopic (exact) mass is 237 g/mol. The zero-order valence-corrected chi connectivity index (χ0v) is 8.41. The smallest absolute Gasteiger partial charge is 0.197 e. The van der Waals surface area contributed by atoms with Gasteiger partial charge in [0.15, 0.2) is 5.88 Å². The molecule has 0 radical (unpaired) electrons. The molecule has 0 amide bonds. The van der Waals surface area contributed by atoms with Gasteiger partial charge in [-0.2, -0.15) is 0 Å². The predicted molar refractivity (Wildman–Crippen MR) is 56.3 cm³/mol. The van der Waals surface area contributed by atoms with Gasteiger partial charge in [-0.1, -0.05) is 28.1 Å². The van der Waals surface area contributed by atoms with Crippen LogP contribution in [0.1, 0.15) is 0 Å². The van der Waals surface area contributed by atoms with Gasteiger partial charge in [0.2, 0.25) is 0 Å². The maximum Gasteiger partial charge on any atom is 0.197 e. The molecule has 2 nitrogen and oxygen atoms in total. The van der Waals surface area contributed by atoms with Crippen molar-refractivity contribution in [2.24, 2.45) is 0 Å². The van der Waals surface area contributed by atoms with Crippen LogP contribution in [0.25, 0.3) is 11.1 Å². The quantitative estimate of drug-likeness (QED) is 0.827. The van der Waals surface area contributed by atoms with E-state index in [1.807, 2.05) is 30.3 Å². The van der Waals surface area contributed by atoms with Crippen LogP contribution >= 0.6 is 15.9 Å². The van der Waals surface area contributed by atoms with Crippen molar-refractivity contribution in [2.45, 2.75) is 0 Å². The fourth-order valence-electron chi connectivity index (χ4n) is 1.22. The third-order valence-electron chi connectivity index (χ3n) is 1.83. The van der Waals surface area contributed by atoms with Crippen molar-refractivity contribution in [3.8, 4) is 11.1 Å². The van der Waals surface area contributed by atoms with Gasteiger partial charge in [-0.3, -0.25) is 0 Å². The lowest BCUT2D eigenvalue weighted by molar-refractivity contribution is 0.588. The van der Waals surface area contributed by atoms with Gasteiger partial charge >= 0.3 is 0 Å². The molecule has 0 saturated heterocycles. The summed E-state index contributed by atoms with van der Waals surface area (Å²) >= 11 is 3.40. The Kier molecular flexibility index (Phi) is 2.10. The Morgan fingerprint density at radius 3 is 2.69 bits per heavy atom. The van der Waals surface area contributed by atoms with Gasteiger partial charge in [0.05, 0.1) is 6.26 Å². The highest BCUT2D eigenvalue weighted by molar-refractivity contribution is 9.10. The number of benzene rings is 1. The fraction of sp³-hybridized carbons (Fsp3) is 0. The van der Waals surface area contributed by atoms with E-state index < -0.39 is 0 Å². The number of anilines is 1. The van der Waals surface area contributed by atoms with Crippen LogP contribution < -0.4 is 5.73 Å². The maximum absolute atomic E-state index is 5.64. The maximum atomic E-state index is 5.64. The number of hydrogen-bond donors (Lipinski definition) is 1. The highest BCUT2D eigenvalue weighted by Gasteiger charge is 2.04. The summed E-state index contributed by atoms with van der Waals surface area (Å²) in [6.45, 7) is 0. The van der Waals surface area contributed by atoms with Crippen molar-refractivity contribution >= 4 is 21.8 Å². The first-order valence-corrected chi connectivity index (χ1v) is 4.65. The molecule has 2 rings (SSSR count). The molecule has 0 aliphatic carbocycles. The van der Waals surface area contributed by atoms with Crippen LogP contribution in [0, 0.1) is 0 Å². The van der Waals surface area contributed by atoms with E-state index in [1.54, 1.807) is 6.26 Å². The molecule has 0 unspecified atom stereocenters. The first kappa shape index (κ1) is 8.38. The normalized spacial score (nSPS) is 10.2. The van der Waals surface area contributed by atoms with Crippen molar-refractivity contribution in [3.05, 3.63) is 41.1 Å². The Balaban J connectivity index is 2.53. The second-order valence-corrected chi connectivity index (χ2v) is 3.62. The molecule has 1 aromatic heterocycles. The molecule has 0 aliphatic rings. The minimum atomic E-state index is 0.457. The SMILES string of the molecule is Nc1occc1-c1cccc(Br)c1. The van der Waals surface area contributed by atoms with Crippen LogP contribution in [-0.2, 0) is 0 Å². The summed E-state index contributed by atoms with van der Waals surface area (Å²) in [7, 11) is 0. The summed E-state index contributed by atoms with van der Waals surface area (Å²) in [4.78, 5) is 0. The van der Waals surface area contributed by atoms with E-state index in [0.29, 0.717) is 5.88 Å². The molecule has 0 spiro atoms. The highest BCUT2D eigenvalue weighted by Crippen LogP contribution is 2.28. The van der Waals surface area contributed by atoms with E-state index in [-0.39, 0.29) is 0 Å². The largest absolute Gasteiger partial charge is 0.449 e. The third kappa shape index (κ3) is 1.60. The first-order valence-electron chi connectivity index (χ1n) is 3.86. The Morgan fingerprint density at radius 2 is 2.08 bits per heavy atom. The average Bonchev–Trinajstić information content (AvgIpc) is 2.51. The average molecular weight is 238 g/mol. The first-order chi connectivity index (χ1) is 6.27. The number of rotatable bonds is 1. The lowest BCUT2D eigenvalue weighted by Crippen LogP contribution is -1.84. The van der Waals surface area contributed by atoms with E-state index in [9.17, 15) is 0 Å². The summed E-state index contributed by atoms with van der Waals surface area (Å²) < 4.78 is 6.05. The van der Waals surface area contributed by atoms with Gasteiger partial charge in [0.1, 0.15) is 0 Å². The van der Waals surface area contributed by atoms with E-state index in [0.717, 1.165) is 15.6 Å². The molecule has 3 heteroatoms. The number of nitrogens with two attached hydrogens (primary N) is 1. The Bertz CT molecular complexity index is 422. The predicted octanol–water partition coefficient (Wildman–Crippen LogP) is 3.29. The van der Waals surface area contributed by atoms with Gasteiger partial charge in [0, 0.05) is 10.0 Å². The number of halogens is 1. The number of furan rings is 1. The minimum absolute atomic E-state index is 0.457. The molecule has 1 heterocycles. The van der Waals surface area contributed by atoms with Crippen LogP contribution in [-0.4, -0.2) is 0 Å². The lowest BCUT2D eigenvalue weighted by Gasteiger charge is -1.98.